The Labute approximate surface area is 127 Å². The average molecular weight is 319 g/mol. The molecular formula is C13H25N3O2S2. The molecule has 0 aromatic carbocycles. The zero-order valence-corrected chi connectivity index (χ0v) is 13.8. The first-order valence-electron chi connectivity index (χ1n) is 7.49. The molecule has 1 N–H and O–H groups in total. The molecule has 0 saturated carbocycles. The molecule has 0 bridgehead atoms. The van der Waals surface area contributed by atoms with E-state index in [4.69, 9.17) is 12.2 Å². The topological polar surface area (TPSA) is 52.6 Å². The molecule has 0 spiro atoms. The molecule has 1 atom stereocenters. The predicted molar refractivity (Wildman–Crippen MR) is 85.7 cm³/mol. The summed E-state index contributed by atoms with van der Waals surface area (Å²) in [5, 5.41) is 4.14. The number of nitrogens with one attached hydrogen (secondary N) is 1. The van der Waals surface area contributed by atoms with Crippen molar-refractivity contribution in [1.82, 2.24) is 15.1 Å². The van der Waals surface area contributed by atoms with Crippen LogP contribution < -0.4 is 5.32 Å². The van der Waals surface area contributed by atoms with Gasteiger partial charge >= 0.3 is 0 Å². The smallest absolute Gasteiger partial charge is 0.169 e. The zero-order chi connectivity index (χ0) is 14.6. The summed E-state index contributed by atoms with van der Waals surface area (Å²) >= 11 is 5.40. The third kappa shape index (κ3) is 4.30. The summed E-state index contributed by atoms with van der Waals surface area (Å²) in [6, 6.07) is 0.226. The quantitative estimate of drug-likeness (QED) is 0.600. The van der Waals surface area contributed by atoms with Crippen LogP contribution in [-0.2, 0) is 9.84 Å². The number of sulfone groups is 1. The van der Waals surface area contributed by atoms with Crippen molar-refractivity contribution in [1.29, 1.82) is 0 Å². The zero-order valence-electron chi connectivity index (χ0n) is 12.2. The van der Waals surface area contributed by atoms with Crippen LogP contribution in [0.2, 0.25) is 0 Å². The summed E-state index contributed by atoms with van der Waals surface area (Å²) in [5.41, 5.74) is 0. The summed E-state index contributed by atoms with van der Waals surface area (Å²) in [6.07, 6.45) is 3.10. The first-order valence-corrected chi connectivity index (χ1v) is 9.72. The van der Waals surface area contributed by atoms with Crippen molar-refractivity contribution < 1.29 is 8.42 Å². The van der Waals surface area contributed by atoms with Crippen molar-refractivity contribution in [2.45, 2.75) is 32.2 Å². The molecule has 0 amide bonds. The Hall–Kier alpha value is -0.400. The van der Waals surface area contributed by atoms with E-state index in [-0.39, 0.29) is 6.04 Å². The average Bonchev–Trinajstić information content (AvgIpc) is 2.79. The van der Waals surface area contributed by atoms with Gasteiger partial charge in [-0.25, -0.2) is 8.42 Å². The molecular weight excluding hydrogens is 294 g/mol. The molecule has 20 heavy (non-hydrogen) atoms. The molecule has 2 aliphatic heterocycles. The van der Waals surface area contributed by atoms with Crippen LogP contribution in [0.15, 0.2) is 0 Å². The summed E-state index contributed by atoms with van der Waals surface area (Å²) in [4.78, 5) is 4.51. The van der Waals surface area contributed by atoms with Crippen LogP contribution in [0, 0.1) is 0 Å². The lowest BCUT2D eigenvalue weighted by molar-refractivity contribution is 0.142. The van der Waals surface area contributed by atoms with Gasteiger partial charge in [-0.2, -0.15) is 0 Å². The van der Waals surface area contributed by atoms with Crippen LogP contribution in [0.4, 0.5) is 0 Å². The van der Waals surface area contributed by atoms with Crippen molar-refractivity contribution in [3.63, 3.8) is 0 Å². The van der Waals surface area contributed by atoms with Crippen LogP contribution in [-0.4, -0.2) is 73.6 Å². The fourth-order valence-corrected chi connectivity index (χ4v) is 4.88. The Kier molecular flexibility index (Phi) is 5.63. The lowest BCUT2D eigenvalue weighted by atomic mass is 10.2. The van der Waals surface area contributed by atoms with E-state index >= 15 is 0 Å². The maximum absolute atomic E-state index is 11.5. The second kappa shape index (κ2) is 7.04. The Morgan fingerprint density at radius 1 is 1.30 bits per heavy atom. The van der Waals surface area contributed by atoms with Gasteiger partial charge in [0.2, 0.25) is 0 Å². The van der Waals surface area contributed by atoms with Crippen molar-refractivity contribution in [3.05, 3.63) is 0 Å². The second-order valence-corrected chi connectivity index (χ2v) is 8.28. The number of rotatable bonds is 4. The third-order valence-electron chi connectivity index (χ3n) is 4.13. The molecule has 0 aromatic heterocycles. The first-order chi connectivity index (χ1) is 9.52. The highest BCUT2D eigenvalue weighted by molar-refractivity contribution is 7.91. The highest BCUT2D eigenvalue weighted by Gasteiger charge is 2.33. The minimum atomic E-state index is -2.78. The van der Waals surface area contributed by atoms with Crippen molar-refractivity contribution in [2.75, 3.05) is 44.2 Å². The maximum Gasteiger partial charge on any atom is 0.169 e. The molecule has 2 aliphatic rings. The highest BCUT2D eigenvalue weighted by atomic mass is 32.2. The lowest BCUT2D eigenvalue weighted by Crippen LogP contribution is -2.54. The molecule has 0 unspecified atom stereocenters. The van der Waals surface area contributed by atoms with E-state index in [0.29, 0.717) is 11.5 Å². The van der Waals surface area contributed by atoms with Gasteiger partial charge < -0.3 is 10.2 Å². The highest BCUT2D eigenvalue weighted by Crippen LogP contribution is 2.19. The van der Waals surface area contributed by atoms with Gasteiger partial charge in [0.15, 0.2) is 14.9 Å². The molecule has 0 aliphatic carbocycles. The summed E-state index contributed by atoms with van der Waals surface area (Å²) in [5.74, 6) is 0.695. The minimum Gasteiger partial charge on any atom is -0.363 e. The van der Waals surface area contributed by atoms with E-state index in [0.717, 1.165) is 50.7 Å². The summed E-state index contributed by atoms with van der Waals surface area (Å²) < 4.78 is 23.1. The van der Waals surface area contributed by atoms with Gasteiger partial charge in [-0.05, 0) is 25.1 Å². The van der Waals surface area contributed by atoms with Crippen LogP contribution in [0.1, 0.15) is 26.2 Å². The predicted octanol–water partition coefficient (Wildman–Crippen LogP) is 0.466. The summed E-state index contributed by atoms with van der Waals surface area (Å²) in [7, 11) is -2.78. The van der Waals surface area contributed by atoms with E-state index < -0.39 is 9.84 Å². The molecule has 7 heteroatoms. The monoisotopic (exact) mass is 319 g/mol. The van der Waals surface area contributed by atoms with E-state index in [2.05, 4.69) is 22.0 Å². The number of piperazine rings is 1. The van der Waals surface area contributed by atoms with Crippen LogP contribution in [0.5, 0.6) is 0 Å². The van der Waals surface area contributed by atoms with Crippen LogP contribution >= 0.6 is 12.2 Å². The maximum atomic E-state index is 11.5. The van der Waals surface area contributed by atoms with Crippen molar-refractivity contribution in [2.24, 2.45) is 0 Å². The number of nitrogens with zero attached hydrogens (tertiary/aromatic N) is 2. The van der Waals surface area contributed by atoms with Crippen molar-refractivity contribution >= 4 is 27.2 Å². The normalized spacial score (nSPS) is 26.6. The Morgan fingerprint density at radius 3 is 2.55 bits per heavy atom. The Bertz CT molecular complexity index is 431. The SMILES string of the molecule is CCCCNC(=S)N1CCN([C@@H]2CCS(=O)(=O)C2)CC1. The van der Waals surface area contributed by atoms with Crippen LogP contribution in [0.25, 0.3) is 0 Å². The van der Waals surface area contributed by atoms with Gasteiger partial charge in [-0.3, -0.25) is 4.90 Å². The van der Waals surface area contributed by atoms with Gasteiger partial charge in [-0.15, -0.1) is 0 Å². The van der Waals surface area contributed by atoms with Crippen LogP contribution in [0.3, 0.4) is 0 Å². The molecule has 116 valence electrons. The van der Waals surface area contributed by atoms with E-state index in [1.807, 2.05) is 0 Å². The summed E-state index contributed by atoms with van der Waals surface area (Å²) in [6.45, 7) is 6.73. The molecule has 2 saturated heterocycles. The van der Waals surface area contributed by atoms with Gasteiger partial charge in [0.25, 0.3) is 0 Å². The van der Waals surface area contributed by atoms with E-state index in [1.165, 1.54) is 6.42 Å². The number of hydrogen-bond acceptors (Lipinski definition) is 4. The molecule has 2 fully saturated rings. The van der Waals surface area contributed by atoms with Crippen molar-refractivity contribution in [3.8, 4) is 0 Å². The third-order valence-corrected chi connectivity index (χ3v) is 6.29. The molecule has 0 aromatic rings. The fourth-order valence-electron chi connectivity index (χ4n) is 2.84. The van der Waals surface area contributed by atoms with Gasteiger partial charge in [0.1, 0.15) is 0 Å². The lowest BCUT2D eigenvalue weighted by Gasteiger charge is -2.38. The first kappa shape index (κ1) is 16.0. The standard InChI is InChI=1S/C13H25N3O2S2/c1-2-3-5-14-13(19)16-8-6-15(7-9-16)12-4-10-20(17,18)11-12/h12H,2-11H2,1H3,(H,14,19)/t12-/m1/s1. The van der Waals surface area contributed by atoms with Gasteiger partial charge in [-0.1, -0.05) is 13.3 Å². The van der Waals surface area contributed by atoms with Gasteiger partial charge in [0, 0.05) is 38.8 Å². The van der Waals surface area contributed by atoms with Gasteiger partial charge in [0.05, 0.1) is 11.5 Å². The van der Waals surface area contributed by atoms with E-state index in [1.54, 1.807) is 0 Å². The Morgan fingerprint density at radius 2 is 2.00 bits per heavy atom. The molecule has 2 heterocycles. The fraction of sp³-hybridized carbons (Fsp3) is 0.923. The number of unbranched alkanes of at least 4 members (excludes halogenated alkanes) is 1. The molecule has 5 nitrogen and oxygen atoms in total. The molecule has 2 rings (SSSR count). The second-order valence-electron chi connectivity index (χ2n) is 5.67. The Balaban J connectivity index is 1.74. The van der Waals surface area contributed by atoms with E-state index in [9.17, 15) is 8.42 Å². The number of thiocarbonyl (C=S) groups is 1. The molecule has 0 radical (unpaired) electrons. The minimum absolute atomic E-state index is 0.226. The largest absolute Gasteiger partial charge is 0.363 e. The number of hydrogen-bond donors (Lipinski definition) is 1.